The molecule has 0 saturated carbocycles. The van der Waals surface area contributed by atoms with Crippen molar-refractivity contribution in [2.45, 2.75) is 10.9 Å². The van der Waals surface area contributed by atoms with Crippen LogP contribution in [-0.2, 0) is 10.0 Å². The summed E-state index contributed by atoms with van der Waals surface area (Å²) in [6.07, 6.45) is 3.47. The molecule has 8 heteroatoms. The molecule has 4 rings (SSSR count). The van der Waals surface area contributed by atoms with Crippen LogP contribution in [0.15, 0.2) is 82.4 Å². The molecule has 1 atom stereocenters. The van der Waals surface area contributed by atoms with Crippen LogP contribution in [0.5, 0.6) is 0 Å². The Kier molecular flexibility index (Phi) is 5.23. The number of aromatic nitrogens is 2. The summed E-state index contributed by atoms with van der Waals surface area (Å²) < 4.78 is 35.9. The fourth-order valence-corrected chi connectivity index (χ4v) is 4.21. The number of nitrogens with one attached hydrogen (secondary N) is 1. The summed E-state index contributed by atoms with van der Waals surface area (Å²) in [5, 5.41) is 5.14. The number of benzene rings is 2. The monoisotopic (exact) mass is 410 g/mol. The van der Waals surface area contributed by atoms with Crippen molar-refractivity contribution in [2.24, 2.45) is 0 Å². The Labute approximate surface area is 169 Å². The lowest BCUT2D eigenvalue weighted by Gasteiger charge is -2.22. The summed E-state index contributed by atoms with van der Waals surface area (Å²) in [5.74, 6) is 0.716. The Morgan fingerprint density at radius 1 is 1.10 bits per heavy atom. The van der Waals surface area contributed by atoms with Crippen molar-refractivity contribution in [1.29, 1.82) is 0 Å². The summed E-state index contributed by atoms with van der Waals surface area (Å²) in [6, 6.07) is 17.9. The van der Waals surface area contributed by atoms with Crippen molar-refractivity contribution in [3.63, 3.8) is 0 Å². The molecule has 0 amide bonds. The summed E-state index contributed by atoms with van der Waals surface area (Å²) in [7, 11) is 0.127. The van der Waals surface area contributed by atoms with Crippen LogP contribution in [0, 0.1) is 0 Å². The number of furan rings is 1. The number of rotatable bonds is 7. The van der Waals surface area contributed by atoms with Gasteiger partial charge in [0, 0.05) is 24.3 Å². The van der Waals surface area contributed by atoms with Crippen molar-refractivity contribution in [1.82, 2.24) is 19.4 Å². The number of hydrogen-bond acceptors (Lipinski definition) is 5. The van der Waals surface area contributed by atoms with Gasteiger partial charge in [0.05, 0.1) is 16.6 Å². The molecular formula is C21H22N4O3S. The number of para-hydroxylation sites is 1. The minimum Gasteiger partial charge on any atom is -0.459 e. The van der Waals surface area contributed by atoms with Gasteiger partial charge in [0.2, 0.25) is 10.0 Å². The van der Waals surface area contributed by atoms with Gasteiger partial charge in [0.1, 0.15) is 11.3 Å². The van der Waals surface area contributed by atoms with E-state index in [9.17, 15) is 8.42 Å². The van der Waals surface area contributed by atoms with E-state index in [4.69, 9.17) is 4.42 Å². The maximum Gasteiger partial charge on any atom is 0.240 e. The highest BCUT2D eigenvalue weighted by Crippen LogP contribution is 2.26. The first kappa shape index (κ1) is 19.4. The standard InChI is InChI=1S/C21H22N4O3S/c1-24(2)19(21-14-16-6-3-4-7-20(16)28-21)15-23-29(26,27)18-10-8-17(9-11-18)25-13-5-12-22-25/h3-14,19,23H,15H2,1-2H3/t19-/m1/s1. The smallest absolute Gasteiger partial charge is 0.240 e. The molecule has 2 aromatic heterocycles. The number of hydrogen-bond donors (Lipinski definition) is 1. The molecule has 0 aliphatic rings. The maximum atomic E-state index is 12.8. The van der Waals surface area contributed by atoms with Crippen LogP contribution in [-0.4, -0.2) is 43.7 Å². The first-order chi connectivity index (χ1) is 13.9. The Morgan fingerprint density at radius 2 is 1.86 bits per heavy atom. The van der Waals surface area contributed by atoms with Crippen LogP contribution in [0.2, 0.25) is 0 Å². The summed E-state index contributed by atoms with van der Waals surface area (Å²) in [5.41, 5.74) is 1.58. The SMILES string of the molecule is CN(C)[C@H](CNS(=O)(=O)c1ccc(-n2cccn2)cc1)c1cc2ccccc2o1. The molecule has 0 spiro atoms. The lowest BCUT2D eigenvalue weighted by molar-refractivity contribution is 0.264. The third-order valence-electron chi connectivity index (χ3n) is 4.78. The van der Waals surface area contributed by atoms with Crippen LogP contribution in [0.4, 0.5) is 0 Å². The zero-order valence-electron chi connectivity index (χ0n) is 16.2. The molecule has 0 bridgehead atoms. The second kappa shape index (κ2) is 7.82. The molecule has 0 aliphatic heterocycles. The summed E-state index contributed by atoms with van der Waals surface area (Å²) in [4.78, 5) is 2.14. The predicted octanol–water partition coefficient (Wildman–Crippen LogP) is 3.20. The Hall–Kier alpha value is -2.94. The lowest BCUT2D eigenvalue weighted by Crippen LogP contribution is -2.34. The van der Waals surface area contributed by atoms with Crippen molar-refractivity contribution in [3.8, 4) is 5.69 Å². The second-order valence-corrected chi connectivity index (χ2v) is 8.73. The summed E-state index contributed by atoms with van der Waals surface area (Å²) >= 11 is 0. The first-order valence-electron chi connectivity index (χ1n) is 9.19. The van der Waals surface area contributed by atoms with Gasteiger partial charge in [-0.3, -0.25) is 4.90 Å². The Bertz CT molecular complexity index is 1160. The molecule has 0 fully saturated rings. The van der Waals surface area contributed by atoms with Crippen LogP contribution in [0.3, 0.4) is 0 Å². The summed E-state index contributed by atoms with van der Waals surface area (Å²) in [6.45, 7) is 0.191. The fraction of sp³-hybridized carbons (Fsp3) is 0.190. The molecule has 0 unspecified atom stereocenters. The third-order valence-corrected chi connectivity index (χ3v) is 6.22. The molecule has 0 radical (unpaired) electrons. The van der Waals surface area contributed by atoms with E-state index < -0.39 is 10.0 Å². The van der Waals surface area contributed by atoms with Gasteiger partial charge in [-0.05, 0) is 56.6 Å². The largest absolute Gasteiger partial charge is 0.459 e. The lowest BCUT2D eigenvalue weighted by atomic mass is 10.2. The Morgan fingerprint density at radius 3 is 2.52 bits per heavy atom. The number of likely N-dealkylation sites (N-methyl/N-ethyl adjacent to an activating group) is 1. The van der Waals surface area contributed by atoms with Crippen molar-refractivity contribution in [3.05, 3.63) is 78.8 Å². The van der Waals surface area contributed by atoms with Gasteiger partial charge in [-0.2, -0.15) is 5.10 Å². The van der Waals surface area contributed by atoms with E-state index in [0.29, 0.717) is 5.76 Å². The second-order valence-electron chi connectivity index (χ2n) is 6.96. The number of fused-ring (bicyclic) bond motifs is 1. The van der Waals surface area contributed by atoms with E-state index in [1.54, 1.807) is 41.3 Å². The molecule has 1 N–H and O–H groups in total. The van der Waals surface area contributed by atoms with Gasteiger partial charge >= 0.3 is 0 Å². The highest BCUT2D eigenvalue weighted by atomic mass is 32.2. The molecular weight excluding hydrogens is 388 g/mol. The van der Waals surface area contributed by atoms with E-state index in [-0.39, 0.29) is 17.5 Å². The van der Waals surface area contributed by atoms with Crippen LogP contribution < -0.4 is 4.72 Å². The van der Waals surface area contributed by atoms with Crippen molar-refractivity contribution < 1.29 is 12.8 Å². The zero-order chi connectivity index (χ0) is 20.4. The van der Waals surface area contributed by atoms with Gasteiger partial charge in [-0.1, -0.05) is 18.2 Å². The molecule has 0 saturated heterocycles. The highest BCUT2D eigenvalue weighted by molar-refractivity contribution is 7.89. The minimum absolute atomic E-state index is 0.191. The molecule has 29 heavy (non-hydrogen) atoms. The minimum atomic E-state index is -3.66. The third kappa shape index (κ3) is 4.09. The van der Waals surface area contributed by atoms with Crippen LogP contribution >= 0.6 is 0 Å². The molecule has 7 nitrogen and oxygen atoms in total. The van der Waals surface area contributed by atoms with Gasteiger partial charge in [0.25, 0.3) is 0 Å². The molecule has 150 valence electrons. The molecule has 0 aliphatic carbocycles. The number of sulfonamides is 1. The van der Waals surface area contributed by atoms with E-state index in [1.165, 1.54) is 0 Å². The van der Waals surface area contributed by atoms with Crippen molar-refractivity contribution in [2.75, 3.05) is 20.6 Å². The maximum absolute atomic E-state index is 12.8. The predicted molar refractivity (Wildman–Crippen MR) is 111 cm³/mol. The molecule has 4 aromatic rings. The van der Waals surface area contributed by atoms with E-state index in [0.717, 1.165) is 16.7 Å². The number of nitrogens with zero attached hydrogens (tertiary/aromatic N) is 3. The molecule has 2 heterocycles. The van der Waals surface area contributed by atoms with Crippen molar-refractivity contribution >= 4 is 21.0 Å². The normalized spacial score (nSPS) is 13.2. The van der Waals surface area contributed by atoms with E-state index in [1.807, 2.05) is 55.4 Å². The quantitative estimate of drug-likeness (QED) is 0.506. The van der Waals surface area contributed by atoms with E-state index >= 15 is 0 Å². The zero-order valence-corrected chi connectivity index (χ0v) is 17.0. The average Bonchev–Trinajstić information content (AvgIpc) is 3.38. The topological polar surface area (TPSA) is 80.4 Å². The first-order valence-corrected chi connectivity index (χ1v) is 10.7. The highest BCUT2D eigenvalue weighted by Gasteiger charge is 2.22. The molecule has 2 aromatic carbocycles. The fourth-order valence-electron chi connectivity index (χ4n) is 3.18. The Balaban J connectivity index is 1.52. The van der Waals surface area contributed by atoms with E-state index in [2.05, 4.69) is 9.82 Å². The van der Waals surface area contributed by atoms with Crippen LogP contribution in [0.1, 0.15) is 11.8 Å². The van der Waals surface area contributed by atoms with Gasteiger partial charge < -0.3 is 4.42 Å². The average molecular weight is 410 g/mol. The van der Waals surface area contributed by atoms with Gasteiger partial charge in [0.15, 0.2) is 0 Å². The van der Waals surface area contributed by atoms with Gasteiger partial charge in [-0.15, -0.1) is 0 Å². The van der Waals surface area contributed by atoms with Gasteiger partial charge in [-0.25, -0.2) is 17.8 Å². The van der Waals surface area contributed by atoms with Crippen LogP contribution in [0.25, 0.3) is 16.7 Å².